The number of rotatable bonds is 5. The summed E-state index contributed by atoms with van der Waals surface area (Å²) in [5.41, 5.74) is 0.937. The lowest BCUT2D eigenvalue weighted by Crippen LogP contribution is -2.06. The minimum absolute atomic E-state index is 0.0240. The van der Waals surface area contributed by atoms with Gasteiger partial charge in [-0.3, -0.25) is 9.78 Å². The van der Waals surface area contributed by atoms with Gasteiger partial charge in [-0.1, -0.05) is 29.8 Å². The first-order valence-corrected chi connectivity index (χ1v) is 7.58. The lowest BCUT2D eigenvalue weighted by atomic mass is 10.1. The Hall–Kier alpha value is -1.79. The number of halogens is 1. The molecule has 0 aliphatic carbocycles. The zero-order valence-corrected chi connectivity index (χ0v) is 12.8. The highest BCUT2D eigenvalue weighted by Crippen LogP contribution is 2.45. The molecule has 1 aromatic carbocycles. The first-order valence-electron chi connectivity index (χ1n) is 6.21. The summed E-state index contributed by atoms with van der Waals surface area (Å²) in [4.78, 5) is 14.2. The van der Waals surface area contributed by atoms with Gasteiger partial charge in [0.25, 0.3) is 0 Å². The number of hydrogen-bond acceptors (Lipinski definition) is 5. The number of ether oxygens (including phenoxy) is 1. The number of carbonyl (C=O) groups excluding carboxylic acids is 1. The zero-order valence-electron chi connectivity index (χ0n) is 11.2. The summed E-state index contributed by atoms with van der Waals surface area (Å²) in [7, 11) is 0. The molecule has 5 nitrogen and oxygen atoms in total. The molecule has 0 bridgehead atoms. The maximum absolute atomic E-state index is 11.4. The van der Waals surface area contributed by atoms with Crippen LogP contribution in [0.1, 0.15) is 6.92 Å². The van der Waals surface area contributed by atoms with E-state index in [9.17, 15) is 15.0 Å². The summed E-state index contributed by atoms with van der Waals surface area (Å²) >= 11 is 7.19. The van der Waals surface area contributed by atoms with Crippen molar-refractivity contribution in [2.24, 2.45) is 0 Å². The molecule has 7 heteroatoms. The molecule has 0 amide bonds. The lowest BCUT2D eigenvalue weighted by Gasteiger charge is -2.06. The fourth-order valence-corrected chi connectivity index (χ4v) is 2.96. The van der Waals surface area contributed by atoms with E-state index in [1.807, 2.05) is 0 Å². The Labute approximate surface area is 130 Å². The van der Waals surface area contributed by atoms with Crippen molar-refractivity contribution in [1.82, 2.24) is 4.98 Å². The van der Waals surface area contributed by atoms with Crippen LogP contribution in [0.5, 0.6) is 11.8 Å². The second kappa shape index (κ2) is 6.78. The van der Waals surface area contributed by atoms with Crippen molar-refractivity contribution in [2.75, 3.05) is 12.4 Å². The number of aromatic hydroxyl groups is 2. The van der Waals surface area contributed by atoms with Crippen LogP contribution in [0, 0.1) is 0 Å². The molecule has 3 N–H and O–H groups in total. The largest absolute Gasteiger partial charge is 0.494 e. The Balaban J connectivity index is 2.34. The van der Waals surface area contributed by atoms with Crippen LogP contribution in [0.4, 0.5) is 0 Å². The summed E-state index contributed by atoms with van der Waals surface area (Å²) in [6, 6.07) is 6.94. The Bertz CT molecular complexity index is 656. The normalized spacial score (nSPS) is 10.6. The molecule has 0 atom stereocenters. The third-order valence-corrected chi connectivity index (χ3v) is 4.09. The van der Waals surface area contributed by atoms with Gasteiger partial charge in [0, 0.05) is 10.6 Å². The smallest absolute Gasteiger partial charge is 0.316 e. The Morgan fingerprint density at radius 3 is 2.71 bits per heavy atom. The molecule has 0 unspecified atom stereocenters. The van der Waals surface area contributed by atoms with Crippen molar-refractivity contribution >= 4 is 29.3 Å². The summed E-state index contributed by atoms with van der Waals surface area (Å²) in [5, 5.41) is 20.3. The maximum Gasteiger partial charge on any atom is 0.316 e. The minimum atomic E-state index is -0.396. The van der Waals surface area contributed by atoms with Gasteiger partial charge in [-0.2, -0.15) is 0 Å². The van der Waals surface area contributed by atoms with Crippen molar-refractivity contribution < 1.29 is 19.7 Å². The fraction of sp³-hybridized carbons (Fsp3) is 0.214. The van der Waals surface area contributed by atoms with Crippen LogP contribution in [0.3, 0.4) is 0 Å². The monoisotopic (exact) mass is 327 g/mol. The van der Waals surface area contributed by atoms with Crippen LogP contribution >= 0.6 is 23.4 Å². The van der Waals surface area contributed by atoms with Crippen LogP contribution in [-0.2, 0) is 9.53 Å². The molecule has 0 aliphatic rings. The van der Waals surface area contributed by atoms with Crippen LogP contribution in [-0.4, -0.2) is 33.5 Å². The molecule has 0 saturated carbocycles. The van der Waals surface area contributed by atoms with Crippen molar-refractivity contribution in [3.05, 3.63) is 29.3 Å². The predicted molar refractivity (Wildman–Crippen MR) is 81.9 cm³/mol. The van der Waals surface area contributed by atoms with Crippen molar-refractivity contribution in [2.45, 2.75) is 11.8 Å². The molecular weight excluding hydrogens is 314 g/mol. The van der Waals surface area contributed by atoms with Gasteiger partial charge < -0.3 is 14.9 Å². The van der Waals surface area contributed by atoms with Crippen LogP contribution in [0.25, 0.3) is 11.1 Å². The summed E-state index contributed by atoms with van der Waals surface area (Å²) in [6.07, 6.45) is 0. The highest BCUT2D eigenvalue weighted by molar-refractivity contribution is 8.00. The first kappa shape index (κ1) is 15.6. The highest BCUT2D eigenvalue weighted by atomic mass is 35.5. The average Bonchev–Trinajstić information content (AvgIpc) is 2.72. The number of thioether (sulfide) groups is 1. The van der Waals surface area contributed by atoms with Gasteiger partial charge in [0.05, 0.1) is 22.8 Å². The summed E-state index contributed by atoms with van der Waals surface area (Å²) in [5.74, 6) is -0.785. The van der Waals surface area contributed by atoms with Crippen LogP contribution < -0.4 is 0 Å². The standard InChI is InChI=1S/C14H14ClNO4S/c1-2-20-10(17)7-21-12-11(13(18)16-14(12)19)8-5-3-4-6-9(8)15/h3-6,16,18-19H,2,7H2,1H3. The molecule has 0 radical (unpaired) electrons. The van der Waals surface area contributed by atoms with Gasteiger partial charge in [0.1, 0.15) is 0 Å². The van der Waals surface area contributed by atoms with E-state index in [0.717, 1.165) is 11.8 Å². The van der Waals surface area contributed by atoms with Gasteiger partial charge in [0.2, 0.25) is 11.8 Å². The lowest BCUT2D eigenvalue weighted by molar-refractivity contribution is -0.139. The SMILES string of the molecule is CCOC(=O)CSc1c(O)[nH]c(O)c1-c1ccccc1Cl. The third kappa shape index (κ3) is 3.46. The minimum Gasteiger partial charge on any atom is -0.494 e. The Kier molecular flexibility index (Phi) is 5.03. The van der Waals surface area contributed by atoms with Crippen LogP contribution in [0.2, 0.25) is 5.02 Å². The average molecular weight is 328 g/mol. The molecule has 2 aromatic rings. The second-order valence-corrected chi connectivity index (χ2v) is 5.49. The topological polar surface area (TPSA) is 82.5 Å². The van der Waals surface area contributed by atoms with Crippen molar-refractivity contribution in [3.63, 3.8) is 0 Å². The maximum atomic E-state index is 11.4. The van der Waals surface area contributed by atoms with E-state index in [2.05, 4.69) is 4.98 Å². The van der Waals surface area contributed by atoms with Gasteiger partial charge in [-0.05, 0) is 13.0 Å². The number of aromatic amines is 1. The number of benzene rings is 1. The summed E-state index contributed by atoms with van der Waals surface area (Å²) in [6.45, 7) is 2.01. The van der Waals surface area contributed by atoms with Gasteiger partial charge >= 0.3 is 5.97 Å². The number of esters is 1. The van der Waals surface area contributed by atoms with E-state index in [-0.39, 0.29) is 17.5 Å². The third-order valence-electron chi connectivity index (χ3n) is 2.70. The number of H-pyrrole nitrogens is 1. The molecule has 0 saturated heterocycles. The van der Waals surface area contributed by atoms with Crippen molar-refractivity contribution in [3.8, 4) is 22.9 Å². The number of carbonyl (C=O) groups is 1. The first-order chi connectivity index (χ1) is 10.0. The molecule has 0 spiro atoms. The van der Waals surface area contributed by atoms with Crippen molar-refractivity contribution in [1.29, 1.82) is 0 Å². The molecule has 1 heterocycles. The summed E-state index contributed by atoms with van der Waals surface area (Å²) < 4.78 is 4.84. The molecule has 2 rings (SSSR count). The second-order valence-electron chi connectivity index (χ2n) is 4.10. The zero-order chi connectivity index (χ0) is 15.4. The van der Waals surface area contributed by atoms with E-state index in [1.165, 1.54) is 0 Å². The molecule has 1 aromatic heterocycles. The van der Waals surface area contributed by atoms with Gasteiger partial charge in [-0.15, -0.1) is 11.8 Å². The number of nitrogens with one attached hydrogen (secondary N) is 1. The van der Waals surface area contributed by atoms with E-state index in [4.69, 9.17) is 16.3 Å². The van der Waals surface area contributed by atoms with E-state index in [1.54, 1.807) is 31.2 Å². The quantitative estimate of drug-likeness (QED) is 0.579. The predicted octanol–water partition coefficient (Wildman–Crippen LogP) is 3.40. The molecule has 21 heavy (non-hydrogen) atoms. The number of hydrogen-bond donors (Lipinski definition) is 3. The number of aromatic nitrogens is 1. The Morgan fingerprint density at radius 1 is 1.33 bits per heavy atom. The van der Waals surface area contributed by atoms with Crippen LogP contribution in [0.15, 0.2) is 29.2 Å². The van der Waals surface area contributed by atoms with E-state index >= 15 is 0 Å². The Morgan fingerprint density at radius 2 is 2.05 bits per heavy atom. The van der Waals surface area contributed by atoms with E-state index < -0.39 is 5.97 Å². The molecule has 112 valence electrons. The van der Waals surface area contributed by atoms with Gasteiger partial charge in [0.15, 0.2) is 0 Å². The highest BCUT2D eigenvalue weighted by Gasteiger charge is 2.21. The fourth-order valence-electron chi connectivity index (χ4n) is 1.85. The van der Waals surface area contributed by atoms with E-state index in [0.29, 0.717) is 27.7 Å². The molecular formula is C14H14ClNO4S. The molecule has 0 aliphatic heterocycles. The van der Waals surface area contributed by atoms with Gasteiger partial charge in [-0.25, -0.2) is 0 Å². The molecule has 0 fully saturated rings.